The summed E-state index contributed by atoms with van der Waals surface area (Å²) in [5, 5.41) is 7.48. The molecule has 1 aromatic rings. The van der Waals surface area contributed by atoms with Crippen LogP contribution in [-0.4, -0.2) is 50.2 Å². The maximum atomic E-state index is 6.05. The van der Waals surface area contributed by atoms with E-state index in [9.17, 15) is 0 Å². The highest BCUT2D eigenvalue weighted by atomic mass is 127. The molecular weight excluding hydrogens is 451 g/mol. The van der Waals surface area contributed by atoms with E-state index in [2.05, 4.69) is 27.4 Å². The van der Waals surface area contributed by atoms with Crippen molar-refractivity contribution in [3.05, 3.63) is 28.8 Å². The number of nitrogens with one attached hydrogen (secondary N) is 2. The minimum absolute atomic E-state index is 0. The number of likely N-dealkylation sites (tertiary alicyclic amines) is 1. The molecule has 0 spiro atoms. The molecule has 1 heterocycles. The van der Waals surface area contributed by atoms with Gasteiger partial charge in [0, 0.05) is 36.8 Å². The minimum Gasteiger partial charge on any atom is -0.493 e. The first-order valence-electron chi connectivity index (χ1n) is 8.77. The molecular formula is C18H30ClIN4O. The monoisotopic (exact) mass is 480 g/mol. The van der Waals surface area contributed by atoms with Crippen molar-refractivity contribution >= 4 is 41.5 Å². The second kappa shape index (κ2) is 11.8. The predicted molar refractivity (Wildman–Crippen MR) is 117 cm³/mol. The summed E-state index contributed by atoms with van der Waals surface area (Å²) in [6, 6.07) is 6.33. The molecule has 0 saturated carbocycles. The number of aliphatic imine (C=N–C) groups is 1. The zero-order valence-electron chi connectivity index (χ0n) is 15.3. The lowest BCUT2D eigenvalue weighted by atomic mass is 10.2. The van der Waals surface area contributed by atoms with Gasteiger partial charge < -0.3 is 15.4 Å². The molecule has 25 heavy (non-hydrogen) atoms. The molecule has 1 atom stereocenters. The fourth-order valence-electron chi connectivity index (χ4n) is 3.12. The molecule has 7 heteroatoms. The summed E-state index contributed by atoms with van der Waals surface area (Å²) in [6.45, 7) is 8.70. The Kier molecular flexibility index (Phi) is 10.5. The SMILES string of the molecule is CCOc1cc(Cl)ccc1CNC(=NC)NCC1CCCN1CC.I. The van der Waals surface area contributed by atoms with Crippen molar-refractivity contribution in [1.29, 1.82) is 0 Å². The smallest absolute Gasteiger partial charge is 0.191 e. The number of nitrogens with zero attached hydrogens (tertiary/aromatic N) is 2. The van der Waals surface area contributed by atoms with Gasteiger partial charge in [0.2, 0.25) is 0 Å². The van der Waals surface area contributed by atoms with Gasteiger partial charge in [-0.25, -0.2) is 0 Å². The molecule has 0 aliphatic carbocycles. The maximum Gasteiger partial charge on any atom is 0.191 e. The third-order valence-electron chi connectivity index (χ3n) is 4.41. The van der Waals surface area contributed by atoms with E-state index in [4.69, 9.17) is 16.3 Å². The first kappa shape index (κ1) is 22.3. The molecule has 142 valence electrons. The van der Waals surface area contributed by atoms with Gasteiger partial charge in [-0.15, -0.1) is 24.0 Å². The number of guanidine groups is 1. The number of hydrogen-bond donors (Lipinski definition) is 2. The maximum absolute atomic E-state index is 6.05. The molecule has 1 fully saturated rings. The highest BCUT2D eigenvalue weighted by Crippen LogP contribution is 2.23. The Hall–Kier alpha value is -0.730. The van der Waals surface area contributed by atoms with Gasteiger partial charge in [-0.2, -0.15) is 0 Å². The Morgan fingerprint density at radius 3 is 2.84 bits per heavy atom. The molecule has 5 nitrogen and oxygen atoms in total. The Morgan fingerprint density at radius 2 is 2.16 bits per heavy atom. The van der Waals surface area contributed by atoms with E-state index in [0.717, 1.165) is 30.4 Å². The quantitative estimate of drug-likeness (QED) is 0.356. The summed E-state index contributed by atoms with van der Waals surface area (Å²) in [4.78, 5) is 6.84. The van der Waals surface area contributed by atoms with Crippen LogP contribution < -0.4 is 15.4 Å². The lowest BCUT2D eigenvalue weighted by Gasteiger charge is -2.24. The van der Waals surface area contributed by atoms with Crippen molar-refractivity contribution in [1.82, 2.24) is 15.5 Å². The molecule has 2 N–H and O–H groups in total. The predicted octanol–water partition coefficient (Wildman–Crippen LogP) is 3.51. The third kappa shape index (κ3) is 6.83. The molecule has 0 radical (unpaired) electrons. The molecule has 0 aromatic heterocycles. The Labute approximate surface area is 173 Å². The van der Waals surface area contributed by atoms with E-state index in [1.54, 1.807) is 7.05 Å². The first-order valence-corrected chi connectivity index (χ1v) is 9.15. The number of rotatable bonds is 7. The molecule has 1 saturated heterocycles. The van der Waals surface area contributed by atoms with Crippen LogP contribution in [0.15, 0.2) is 23.2 Å². The zero-order chi connectivity index (χ0) is 17.4. The molecule has 1 unspecified atom stereocenters. The fourth-order valence-corrected chi connectivity index (χ4v) is 3.28. The Balaban J connectivity index is 0.00000312. The zero-order valence-corrected chi connectivity index (χ0v) is 18.4. The van der Waals surface area contributed by atoms with Crippen molar-refractivity contribution < 1.29 is 4.74 Å². The van der Waals surface area contributed by atoms with E-state index in [-0.39, 0.29) is 24.0 Å². The van der Waals surface area contributed by atoms with E-state index in [1.807, 2.05) is 25.1 Å². The van der Waals surface area contributed by atoms with Crippen LogP contribution in [0.2, 0.25) is 5.02 Å². The van der Waals surface area contributed by atoms with Crippen molar-refractivity contribution in [2.24, 2.45) is 4.99 Å². The van der Waals surface area contributed by atoms with Crippen molar-refractivity contribution in [3.8, 4) is 5.75 Å². The lowest BCUT2D eigenvalue weighted by molar-refractivity contribution is 0.267. The molecule has 1 aliphatic rings. The summed E-state index contributed by atoms with van der Waals surface area (Å²) < 4.78 is 5.66. The third-order valence-corrected chi connectivity index (χ3v) is 4.64. The van der Waals surface area contributed by atoms with Crippen LogP contribution in [-0.2, 0) is 6.54 Å². The van der Waals surface area contributed by atoms with Crippen LogP contribution in [0, 0.1) is 0 Å². The summed E-state index contributed by atoms with van der Waals surface area (Å²) in [5.41, 5.74) is 1.07. The van der Waals surface area contributed by atoms with Crippen LogP contribution >= 0.6 is 35.6 Å². The number of likely N-dealkylation sites (N-methyl/N-ethyl adjacent to an activating group) is 1. The van der Waals surface area contributed by atoms with Crippen molar-refractivity contribution in [3.63, 3.8) is 0 Å². The van der Waals surface area contributed by atoms with E-state index < -0.39 is 0 Å². The molecule has 1 aliphatic heterocycles. The average Bonchev–Trinajstić information content (AvgIpc) is 3.04. The standard InChI is InChI=1S/C18H29ClN4O.HI/c1-4-23-10-6-7-16(23)13-22-18(20-3)21-12-14-8-9-15(19)11-17(14)24-5-2;/h8-9,11,16H,4-7,10,12-13H2,1-3H3,(H2,20,21,22);1H. The van der Waals surface area contributed by atoms with E-state index in [1.165, 1.54) is 19.4 Å². The lowest BCUT2D eigenvalue weighted by Crippen LogP contribution is -2.44. The van der Waals surface area contributed by atoms with E-state index in [0.29, 0.717) is 24.2 Å². The van der Waals surface area contributed by atoms with E-state index >= 15 is 0 Å². The van der Waals surface area contributed by atoms with Gasteiger partial charge in [-0.3, -0.25) is 9.89 Å². The fraction of sp³-hybridized carbons (Fsp3) is 0.611. The first-order chi connectivity index (χ1) is 11.7. The van der Waals surface area contributed by atoms with Crippen molar-refractivity contribution in [2.45, 2.75) is 39.3 Å². The topological polar surface area (TPSA) is 48.9 Å². The summed E-state index contributed by atoms with van der Waals surface area (Å²) in [5.74, 6) is 1.64. The Bertz CT molecular complexity index is 556. The number of hydrogen-bond acceptors (Lipinski definition) is 3. The van der Waals surface area contributed by atoms with Crippen molar-refractivity contribution in [2.75, 3.05) is 33.3 Å². The van der Waals surface area contributed by atoms with Crippen LogP contribution in [0.25, 0.3) is 0 Å². The van der Waals surface area contributed by atoms with Crippen LogP contribution in [0.3, 0.4) is 0 Å². The summed E-state index contributed by atoms with van der Waals surface area (Å²) >= 11 is 6.05. The summed E-state index contributed by atoms with van der Waals surface area (Å²) in [6.07, 6.45) is 2.54. The minimum atomic E-state index is 0. The van der Waals surface area contributed by atoms with Gasteiger partial charge >= 0.3 is 0 Å². The van der Waals surface area contributed by atoms with Crippen LogP contribution in [0.1, 0.15) is 32.3 Å². The average molecular weight is 481 g/mol. The van der Waals surface area contributed by atoms with Gasteiger partial charge in [-0.1, -0.05) is 24.6 Å². The molecule has 0 amide bonds. The van der Waals surface area contributed by atoms with Gasteiger partial charge in [0.1, 0.15) is 5.75 Å². The number of benzene rings is 1. The number of halogens is 2. The van der Waals surface area contributed by atoms with Crippen LogP contribution in [0.5, 0.6) is 5.75 Å². The second-order valence-corrected chi connectivity index (χ2v) is 6.35. The molecule has 0 bridgehead atoms. The number of ether oxygens (including phenoxy) is 1. The Morgan fingerprint density at radius 1 is 1.36 bits per heavy atom. The molecule has 2 rings (SSSR count). The van der Waals surface area contributed by atoms with Gasteiger partial charge in [0.15, 0.2) is 5.96 Å². The van der Waals surface area contributed by atoms with Gasteiger partial charge in [0.05, 0.1) is 6.61 Å². The highest BCUT2D eigenvalue weighted by molar-refractivity contribution is 14.0. The largest absolute Gasteiger partial charge is 0.493 e. The van der Waals surface area contributed by atoms with Gasteiger partial charge in [-0.05, 0) is 45.0 Å². The second-order valence-electron chi connectivity index (χ2n) is 5.92. The van der Waals surface area contributed by atoms with Gasteiger partial charge in [0.25, 0.3) is 0 Å². The molecule has 1 aromatic carbocycles. The summed E-state index contributed by atoms with van der Waals surface area (Å²) in [7, 11) is 1.80. The van der Waals surface area contributed by atoms with Crippen LogP contribution in [0.4, 0.5) is 0 Å². The highest BCUT2D eigenvalue weighted by Gasteiger charge is 2.22. The normalized spacial score (nSPS) is 17.9.